The van der Waals surface area contributed by atoms with Crippen LogP contribution in [0.3, 0.4) is 0 Å². The van der Waals surface area contributed by atoms with Gasteiger partial charge in [0.2, 0.25) is 0 Å². The second-order valence-corrected chi connectivity index (χ2v) is 7.08. The summed E-state index contributed by atoms with van der Waals surface area (Å²) in [6.45, 7) is 8.01. The highest BCUT2D eigenvalue weighted by molar-refractivity contribution is 4.82. The lowest BCUT2D eigenvalue weighted by molar-refractivity contribution is -0.119. The highest BCUT2D eigenvalue weighted by atomic mass is 16.5. The first-order valence-corrected chi connectivity index (χ1v) is 8.41. The van der Waals surface area contributed by atoms with Crippen LogP contribution in [0.1, 0.15) is 72.6 Å². The van der Waals surface area contributed by atoms with E-state index in [0.29, 0.717) is 0 Å². The Morgan fingerprint density at radius 1 is 0.952 bits per heavy atom. The standard InChI is InChI=1S/C17H36O4/c1-5-6-7-8-9-10-11-15(20)16(17(2,3)4)21-13-14(19)12-18/h14-16,18-20H,5-13H2,1-4H3. The Balaban J connectivity index is 4.11. The molecule has 0 aliphatic carbocycles. The van der Waals surface area contributed by atoms with Crippen LogP contribution in [-0.4, -0.2) is 46.8 Å². The summed E-state index contributed by atoms with van der Waals surface area (Å²) in [4.78, 5) is 0. The Kier molecular flexibility index (Phi) is 11.3. The SMILES string of the molecule is CCCCCCCCC(O)C(OCC(O)CO)C(C)(C)C. The second kappa shape index (κ2) is 11.4. The van der Waals surface area contributed by atoms with Crippen molar-refractivity contribution in [2.45, 2.75) is 91.0 Å². The van der Waals surface area contributed by atoms with E-state index in [0.717, 1.165) is 19.3 Å². The molecule has 0 amide bonds. The maximum Gasteiger partial charge on any atom is 0.100 e. The van der Waals surface area contributed by atoms with Gasteiger partial charge in [0.25, 0.3) is 0 Å². The van der Waals surface area contributed by atoms with Crippen LogP contribution >= 0.6 is 0 Å². The van der Waals surface area contributed by atoms with E-state index in [1.807, 2.05) is 20.8 Å². The van der Waals surface area contributed by atoms with Crippen molar-refractivity contribution in [1.29, 1.82) is 0 Å². The molecule has 0 saturated heterocycles. The van der Waals surface area contributed by atoms with Gasteiger partial charge in [-0.2, -0.15) is 0 Å². The molecule has 4 nitrogen and oxygen atoms in total. The van der Waals surface area contributed by atoms with Crippen molar-refractivity contribution in [3.63, 3.8) is 0 Å². The summed E-state index contributed by atoms with van der Waals surface area (Å²) >= 11 is 0. The van der Waals surface area contributed by atoms with Crippen LogP contribution in [0.4, 0.5) is 0 Å². The van der Waals surface area contributed by atoms with Gasteiger partial charge in [0, 0.05) is 0 Å². The van der Waals surface area contributed by atoms with Crippen LogP contribution < -0.4 is 0 Å². The molecular formula is C17H36O4. The first-order chi connectivity index (χ1) is 9.82. The number of ether oxygens (including phenoxy) is 1. The highest BCUT2D eigenvalue weighted by Gasteiger charge is 2.32. The molecule has 0 aromatic heterocycles. The summed E-state index contributed by atoms with van der Waals surface area (Å²) in [5.74, 6) is 0. The van der Waals surface area contributed by atoms with Gasteiger partial charge < -0.3 is 20.1 Å². The molecule has 0 heterocycles. The van der Waals surface area contributed by atoms with E-state index >= 15 is 0 Å². The minimum absolute atomic E-state index is 0.0615. The topological polar surface area (TPSA) is 69.9 Å². The molecule has 0 aromatic rings. The van der Waals surface area contributed by atoms with Crippen molar-refractivity contribution in [3.8, 4) is 0 Å². The molecular weight excluding hydrogens is 268 g/mol. The minimum Gasteiger partial charge on any atom is -0.394 e. The van der Waals surface area contributed by atoms with E-state index in [1.54, 1.807) is 0 Å². The molecule has 0 rings (SSSR count). The van der Waals surface area contributed by atoms with Gasteiger partial charge in [-0.1, -0.05) is 66.2 Å². The summed E-state index contributed by atoms with van der Waals surface area (Å²) < 4.78 is 5.66. The largest absolute Gasteiger partial charge is 0.394 e. The van der Waals surface area contributed by atoms with Crippen molar-refractivity contribution < 1.29 is 20.1 Å². The average molecular weight is 304 g/mol. The summed E-state index contributed by atoms with van der Waals surface area (Å²) in [5, 5.41) is 28.6. The molecule has 4 heteroatoms. The third-order valence-electron chi connectivity index (χ3n) is 3.74. The Morgan fingerprint density at radius 3 is 2.05 bits per heavy atom. The lowest BCUT2D eigenvalue weighted by Crippen LogP contribution is -2.42. The molecule has 3 atom stereocenters. The smallest absolute Gasteiger partial charge is 0.100 e. The van der Waals surface area contributed by atoms with E-state index in [4.69, 9.17) is 9.84 Å². The zero-order chi connectivity index (χ0) is 16.3. The Labute approximate surface area is 130 Å². The molecule has 0 bridgehead atoms. The lowest BCUT2D eigenvalue weighted by Gasteiger charge is -2.35. The predicted octanol–water partition coefficient (Wildman–Crippen LogP) is 2.88. The van der Waals surface area contributed by atoms with Crippen LogP contribution in [-0.2, 0) is 4.74 Å². The molecule has 128 valence electrons. The molecule has 3 unspecified atom stereocenters. The number of rotatable bonds is 12. The van der Waals surface area contributed by atoms with Crippen LogP contribution in [0, 0.1) is 5.41 Å². The van der Waals surface area contributed by atoms with Gasteiger partial charge in [0.15, 0.2) is 0 Å². The normalized spacial score (nSPS) is 16.7. The zero-order valence-corrected chi connectivity index (χ0v) is 14.3. The van der Waals surface area contributed by atoms with Crippen molar-refractivity contribution in [2.24, 2.45) is 5.41 Å². The Morgan fingerprint density at radius 2 is 1.52 bits per heavy atom. The van der Waals surface area contributed by atoms with Crippen LogP contribution in [0.5, 0.6) is 0 Å². The van der Waals surface area contributed by atoms with Gasteiger partial charge in [0.1, 0.15) is 6.10 Å². The number of hydrogen-bond acceptors (Lipinski definition) is 4. The maximum atomic E-state index is 10.4. The van der Waals surface area contributed by atoms with E-state index < -0.39 is 12.2 Å². The summed E-state index contributed by atoms with van der Waals surface area (Å²) in [6, 6.07) is 0. The number of hydrogen-bond donors (Lipinski definition) is 3. The molecule has 3 N–H and O–H groups in total. The summed E-state index contributed by atoms with van der Waals surface area (Å²) in [6.07, 6.45) is 6.18. The molecule has 0 aliphatic heterocycles. The third kappa shape index (κ3) is 10.2. The quantitative estimate of drug-likeness (QED) is 0.485. The maximum absolute atomic E-state index is 10.4. The second-order valence-electron chi connectivity index (χ2n) is 7.08. The number of aliphatic hydroxyl groups is 3. The van der Waals surface area contributed by atoms with Gasteiger partial charge in [-0.25, -0.2) is 0 Å². The third-order valence-corrected chi connectivity index (χ3v) is 3.74. The fourth-order valence-corrected chi connectivity index (χ4v) is 2.49. The molecule has 0 aliphatic rings. The van der Waals surface area contributed by atoms with Gasteiger partial charge in [-0.15, -0.1) is 0 Å². The lowest BCUT2D eigenvalue weighted by atomic mass is 9.84. The van der Waals surface area contributed by atoms with Gasteiger partial charge in [-0.3, -0.25) is 0 Å². The summed E-state index contributed by atoms with van der Waals surface area (Å²) in [7, 11) is 0. The molecule has 0 spiro atoms. The van der Waals surface area contributed by atoms with Crippen LogP contribution in [0.2, 0.25) is 0 Å². The van der Waals surface area contributed by atoms with Crippen molar-refractivity contribution in [3.05, 3.63) is 0 Å². The van der Waals surface area contributed by atoms with Gasteiger partial charge in [0.05, 0.1) is 25.4 Å². The molecule has 0 saturated carbocycles. The van der Waals surface area contributed by atoms with E-state index in [1.165, 1.54) is 25.7 Å². The first kappa shape index (κ1) is 20.8. The van der Waals surface area contributed by atoms with Crippen molar-refractivity contribution in [2.75, 3.05) is 13.2 Å². The van der Waals surface area contributed by atoms with Crippen LogP contribution in [0.25, 0.3) is 0 Å². The Hall–Kier alpha value is -0.160. The fourth-order valence-electron chi connectivity index (χ4n) is 2.49. The molecule has 21 heavy (non-hydrogen) atoms. The molecule has 0 aromatic carbocycles. The zero-order valence-electron chi connectivity index (χ0n) is 14.3. The van der Waals surface area contributed by atoms with E-state index in [-0.39, 0.29) is 24.7 Å². The average Bonchev–Trinajstić information content (AvgIpc) is 2.41. The fraction of sp³-hybridized carbons (Fsp3) is 1.00. The van der Waals surface area contributed by atoms with Gasteiger partial charge >= 0.3 is 0 Å². The highest BCUT2D eigenvalue weighted by Crippen LogP contribution is 2.27. The van der Waals surface area contributed by atoms with E-state index in [9.17, 15) is 10.2 Å². The predicted molar refractivity (Wildman–Crippen MR) is 86.3 cm³/mol. The van der Waals surface area contributed by atoms with Crippen molar-refractivity contribution >= 4 is 0 Å². The van der Waals surface area contributed by atoms with Crippen molar-refractivity contribution in [1.82, 2.24) is 0 Å². The monoisotopic (exact) mass is 304 g/mol. The first-order valence-electron chi connectivity index (χ1n) is 8.41. The number of aliphatic hydroxyl groups excluding tert-OH is 3. The minimum atomic E-state index is -0.879. The van der Waals surface area contributed by atoms with Crippen LogP contribution in [0.15, 0.2) is 0 Å². The van der Waals surface area contributed by atoms with Gasteiger partial charge in [-0.05, 0) is 11.8 Å². The molecule has 0 radical (unpaired) electrons. The Bertz CT molecular complexity index is 237. The molecule has 0 fully saturated rings. The van der Waals surface area contributed by atoms with E-state index in [2.05, 4.69) is 6.92 Å². The number of unbranched alkanes of at least 4 members (excludes halogenated alkanes) is 5. The summed E-state index contributed by atoms with van der Waals surface area (Å²) in [5.41, 5.74) is -0.198.